The fourth-order valence-corrected chi connectivity index (χ4v) is 2.89. The summed E-state index contributed by atoms with van der Waals surface area (Å²) in [5.41, 5.74) is 0.708. The third-order valence-corrected chi connectivity index (χ3v) is 4.26. The molecule has 2 rings (SSSR count). The van der Waals surface area contributed by atoms with Gasteiger partial charge in [-0.2, -0.15) is 0 Å². The van der Waals surface area contributed by atoms with Gasteiger partial charge in [0, 0.05) is 19.0 Å². The van der Waals surface area contributed by atoms with E-state index < -0.39 is 11.8 Å². The van der Waals surface area contributed by atoms with Gasteiger partial charge in [0.05, 0.1) is 19.3 Å². The number of unbranched alkanes of at least 4 members (excludes halogenated alkanes) is 1. The molecule has 0 N–H and O–H groups in total. The zero-order valence-electron chi connectivity index (χ0n) is 14.2. The quantitative estimate of drug-likeness (QED) is 0.607. The molecule has 0 spiro atoms. The number of piperidine rings is 1. The van der Waals surface area contributed by atoms with E-state index in [-0.39, 0.29) is 17.6 Å². The molecule has 5 nitrogen and oxygen atoms in total. The van der Waals surface area contributed by atoms with Gasteiger partial charge in [-0.1, -0.05) is 19.4 Å². The number of esters is 1. The monoisotopic (exact) mass is 337 g/mol. The van der Waals surface area contributed by atoms with E-state index in [0.29, 0.717) is 25.3 Å². The minimum atomic E-state index is -0.565. The third-order valence-electron chi connectivity index (χ3n) is 4.26. The van der Waals surface area contributed by atoms with E-state index in [1.54, 1.807) is 17.0 Å². The van der Waals surface area contributed by atoms with E-state index in [1.807, 2.05) is 6.92 Å². The van der Waals surface area contributed by atoms with Gasteiger partial charge in [0.25, 0.3) is 0 Å². The predicted octanol–water partition coefficient (Wildman–Crippen LogP) is 3.73. The topological polar surface area (TPSA) is 55.8 Å². The molecule has 6 heteroatoms. The van der Waals surface area contributed by atoms with Crippen LogP contribution in [0, 0.1) is 5.82 Å². The molecule has 0 bridgehead atoms. The van der Waals surface area contributed by atoms with Gasteiger partial charge in [-0.3, -0.25) is 0 Å². The highest BCUT2D eigenvalue weighted by Gasteiger charge is 2.27. The van der Waals surface area contributed by atoms with Crippen LogP contribution in [0.3, 0.4) is 0 Å². The van der Waals surface area contributed by atoms with Gasteiger partial charge in [-0.15, -0.1) is 0 Å². The van der Waals surface area contributed by atoms with Gasteiger partial charge in [-0.25, -0.2) is 14.0 Å². The van der Waals surface area contributed by atoms with Crippen molar-refractivity contribution in [1.29, 1.82) is 0 Å². The second kappa shape index (κ2) is 8.66. The number of carbonyl (C=O) groups is 2. The van der Waals surface area contributed by atoms with Crippen molar-refractivity contribution in [3.63, 3.8) is 0 Å². The Balaban J connectivity index is 2.04. The minimum Gasteiger partial charge on any atom is -0.465 e. The number of carbonyl (C=O) groups excluding carboxylic acids is 2. The molecule has 1 aromatic rings. The van der Waals surface area contributed by atoms with E-state index in [4.69, 9.17) is 4.74 Å². The van der Waals surface area contributed by atoms with Crippen LogP contribution in [0.4, 0.5) is 9.18 Å². The van der Waals surface area contributed by atoms with Gasteiger partial charge in [0.1, 0.15) is 5.82 Å². The Bertz CT molecular complexity index is 590. The maximum atomic E-state index is 14.4. The summed E-state index contributed by atoms with van der Waals surface area (Å²) in [5.74, 6) is -1.10. The van der Waals surface area contributed by atoms with E-state index in [2.05, 4.69) is 4.74 Å². The molecule has 1 unspecified atom stereocenters. The summed E-state index contributed by atoms with van der Waals surface area (Å²) in [6, 6.07) is 4.36. The number of hydrogen-bond acceptors (Lipinski definition) is 4. The van der Waals surface area contributed by atoms with Crippen molar-refractivity contribution in [2.75, 3.05) is 26.8 Å². The summed E-state index contributed by atoms with van der Waals surface area (Å²) in [6.45, 7) is 3.51. The average molecular weight is 337 g/mol. The molecule has 0 radical (unpaired) electrons. The largest absolute Gasteiger partial charge is 0.465 e. The van der Waals surface area contributed by atoms with Crippen LogP contribution in [0.5, 0.6) is 0 Å². The second-order valence-corrected chi connectivity index (χ2v) is 5.98. The molecule has 1 heterocycles. The maximum Gasteiger partial charge on any atom is 0.409 e. The number of rotatable bonds is 5. The Labute approximate surface area is 141 Å². The lowest BCUT2D eigenvalue weighted by atomic mass is 9.90. The molecule has 1 saturated heterocycles. The maximum absolute atomic E-state index is 14.4. The van der Waals surface area contributed by atoms with Crippen molar-refractivity contribution in [2.45, 2.75) is 38.5 Å². The van der Waals surface area contributed by atoms with Crippen LogP contribution in [0.2, 0.25) is 0 Å². The first-order valence-electron chi connectivity index (χ1n) is 8.36. The highest BCUT2D eigenvalue weighted by Crippen LogP contribution is 2.29. The van der Waals surface area contributed by atoms with Crippen LogP contribution < -0.4 is 0 Å². The standard InChI is InChI=1S/C18H24FNO4/c1-3-4-10-24-18(22)20-9-5-6-14(12-20)15-8-7-13(11-16(15)19)17(21)23-2/h7-8,11,14H,3-6,9-10,12H2,1-2H3. The van der Waals surface area contributed by atoms with Crippen LogP contribution in [0.1, 0.15) is 54.4 Å². The number of hydrogen-bond donors (Lipinski definition) is 0. The summed E-state index contributed by atoms with van der Waals surface area (Å²) in [6.07, 6.45) is 3.07. The lowest BCUT2D eigenvalue weighted by Crippen LogP contribution is -2.39. The van der Waals surface area contributed by atoms with E-state index in [1.165, 1.54) is 13.2 Å². The minimum absolute atomic E-state index is 0.0934. The molecule has 0 aromatic heterocycles. The molecular weight excluding hydrogens is 313 g/mol. The van der Waals surface area contributed by atoms with Crippen molar-refractivity contribution < 1.29 is 23.5 Å². The molecular formula is C18H24FNO4. The Morgan fingerprint density at radius 1 is 1.38 bits per heavy atom. The zero-order valence-corrected chi connectivity index (χ0v) is 14.2. The summed E-state index contributed by atoms with van der Waals surface area (Å²) >= 11 is 0. The number of nitrogens with zero attached hydrogens (tertiary/aromatic N) is 1. The van der Waals surface area contributed by atoms with Crippen molar-refractivity contribution in [3.8, 4) is 0 Å². The molecule has 0 aliphatic carbocycles. The van der Waals surface area contributed by atoms with Gasteiger partial charge in [0.15, 0.2) is 0 Å². The molecule has 1 amide bonds. The molecule has 1 atom stereocenters. The normalized spacial score (nSPS) is 17.5. The van der Waals surface area contributed by atoms with Crippen molar-refractivity contribution >= 4 is 12.1 Å². The summed E-state index contributed by atoms with van der Waals surface area (Å²) < 4.78 is 24.2. The molecule has 0 saturated carbocycles. The van der Waals surface area contributed by atoms with Gasteiger partial charge >= 0.3 is 12.1 Å². The number of amides is 1. The van der Waals surface area contributed by atoms with Gasteiger partial charge in [0.2, 0.25) is 0 Å². The predicted molar refractivity (Wildman–Crippen MR) is 87.5 cm³/mol. The molecule has 24 heavy (non-hydrogen) atoms. The second-order valence-electron chi connectivity index (χ2n) is 5.98. The molecule has 1 aliphatic heterocycles. The molecule has 1 fully saturated rings. The van der Waals surface area contributed by atoms with E-state index in [9.17, 15) is 14.0 Å². The van der Waals surface area contributed by atoms with Gasteiger partial charge < -0.3 is 14.4 Å². The lowest BCUT2D eigenvalue weighted by Gasteiger charge is -2.32. The van der Waals surface area contributed by atoms with Crippen LogP contribution in [0.15, 0.2) is 18.2 Å². The fraction of sp³-hybridized carbons (Fsp3) is 0.556. The Hall–Kier alpha value is -2.11. The summed E-state index contributed by atoms with van der Waals surface area (Å²) in [7, 11) is 1.26. The number of likely N-dealkylation sites (tertiary alicyclic amines) is 1. The van der Waals surface area contributed by atoms with E-state index in [0.717, 1.165) is 25.7 Å². The third kappa shape index (κ3) is 4.46. The number of benzene rings is 1. The van der Waals surface area contributed by atoms with Gasteiger partial charge in [-0.05, 0) is 37.0 Å². The number of ether oxygens (including phenoxy) is 2. The first kappa shape index (κ1) is 18.2. The Morgan fingerprint density at radius 2 is 2.17 bits per heavy atom. The zero-order chi connectivity index (χ0) is 17.5. The van der Waals surface area contributed by atoms with Crippen LogP contribution >= 0.6 is 0 Å². The SMILES string of the molecule is CCCCOC(=O)N1CCCC(c2ccc(C(=O)OC)cc2F)C1. The van der Waals surface area contributed by atoms with Crippen molar-refractivity contribution in [3.05, 3.63) is 35.1 Å². The Kier molecular flexibility index (Phi) is 6.58. The fourth-order valence-electron chi connectivity index (χ4n) is 2.89. The van der Waals surface area contributed by atoms with Crippen LogP contribution in [-0.2, 0) is 9.47 Å². The first-order chi connectivity index (χ1) is 11.6. The average Bonchev–Trinajstić information content (AvgIpc) is 2.61. The molecule has 1 aromatic carbocycles. The van der Waals surface area contributed by atoms with Crippen LogP contribution in [0.25, 0.3) is 0 Å². The summed E-state index contributed by atoms with van der Waals surface area (Å²) in [5, 5.41) is 0. The molecule has 1 aliphatic rings. The highest BCUT2D eigenvalue weighted by atomic mass is 19.1. The van der Waals surface area contributed by atoms with E-state index >= 15 is 0 Å². The first-order valence-corrected chi connectivity index (χ1v) is 8.36. The Morgan fingerprint density at radius 3 is 2.83 bits per heavy atom. The van der Waals surface area contributed by atoms with Crippen molar-refractivity contribution in [2.24, 2.45) is 0 Å². The number of halogens is 1. The van der Waals surface area contributed by atoms with Crippen LogP contribution in [-0.4, -0.2) is 43.8 Å². The summed E-state index contributed by atoms with van der Waals surface area (Å²) in [4.78, 5) is 25.2. The molecule has 132 valence electrons. The smallest absolute Gasteiger partial charge is 0.409 e. The number of methoxy groups -OCH3 is 1. The van der Waals surface area contributed by atoms with Crippen molar-refractivity contribution in [1.82, 2.24) is 4.90 Å². The highest BCUT2D eigenvalue weighted by molar-refractivity contribution is 5.89. The lowest BCUT2D eigenvalue weighted by molar-refractivity contribution is 0.0600.